The number of phenols is 1. The van der Waals surface area contributed by atoms with Gasteiger partial charge in [0.15, 0.2) is 11.5 Å². The van der Waals surface area contributed by atoms with Crippen LogP contribution in [0.15, 0.2) is 24.3 Å². The second kappa shape index (κ2) is 4.52. The van der Waals surface area contributed by atoms with E-state index in [4.69, 9.17) is 9.84 Å². The van der Waals surface area contributed by atoms with Crippen molar-refractivity contribution >= 4 is 6.08 Å². The van der Waals surface area contributed by atoms with E-state index in [0.29, 0.717) is 11.3 Å². The minimum absolute atomic E-state index is 0.0450. The van der Waals surface area contributed by atoms with Gasteiger partial charge in [0.2, 0.25) is 0 Å². The average molecular weight is 180 g/mol. The molecule has 0 saturated heterocycles. The van der Waals surface area contributed by atoms with Crippen molar-refractivity contribution < 1.29 is 14.9 Å². The molecule has 3 nitrogen and oxygen atoms in total. The zero-order valence-electron chi connectivity index (χ0n) is 7.40. The molecule has 0 heterocycles. The van der Waals surface area contributed by atoms with Crippen molar-refractivity contribution in [2.24, 2.45) is 0 Å². The Morgan fingerprint density at radius 2 is 2.23 bits per heavy atom. The maximum absolute atomic E-state index is 9.56. The highest BCUT2D eigenvalue weighted by Crippen LogP contribution is 2.29. The fraction of sp³-hybridized carbons (Fsp3) is 0.200. The lowest BCUT2D eigenvalue weighted by molar-refractivity contribution is 0.343. The van der Waals surface area contributed by atoms with E-state index in [-0.39, 0.29) is 12.4 Å². The first-order valence-electron chi connectivity index (χ1n) is 3.93. The SMILES string of the molecule is COc1cccc(/C=C/CO)c1O. The number of benzene rings is 1. The Bertz CT molecular complexity index is 305. The first-order chi connectivity index (χ1) is 6.29. The number of aliphatic hydroxyl groups is 1. The maximum Gasteiger partial charge on any atom is 0.165 e. The van der Waals surface area contributed by atoms with Gasteiger partial charge in [0.25, 0.3) is 0 Å². The lowest BCUT2D eigenvalue weighted by Gasteiger charge is -2.04. The molecule has 3 heteroatoms. The Hall–Kier alpha value is -1.48. The van der Waals surface area contributed by atoms with Crippen LogP contribution < -0.4 is 4.74 Å². The van der Waals surface area contributed by atoms with Gasteiger partial charge in [-0.25, -0.2) is 0 Å². The molecule has 13 heavy (non-hydrogen) atoms. The molecule has 0 aliphatic rings. The average Bonchev–Trinajstić information content (AvgIpc) is 2.16. The predicted molar refractivity (Wildman–Crippen MR) is 50.8 cm³/mol. The van der Waals surface area contributed by atoms with Gasteiger partial charge in [-0.1, -0.05) is 24.3 Å². The van der Waals surface area contributed by atoms with Gasteiger partial charge in [-0.15, -0.1) is 0 Å². The van der Waals surface area contributed by atoms with Crippen LogP contribution in [0.2, 0.25) is 0 Å². The van der Waals surface area contributed by atoms with Gasteiger partial charge in [0.05, 0.1) is 13.7 Å². The molecule has 0 bridgehead atoms. The number of aliphatic hydroxyl groups excluding tert-OH is 1. The molecule has 0 aliphatic heterocycles. The van der Waals surface area contributed by atoms with Crippen LogP contribution in [0.3, 0.4) is 0 Å². The number of rotatable bonds is 3. The summed E-state index contributed by atoms with van der Waals surface area (Å²) in [5, 5.41) is 18.1. The minimum atomic E-state index is -0.0450. The molecule has 1 aromatic carbocycles. The van der Waals surface area contributed by atoms with Crippen molar-refractivity contribution in [2.45, 2.75) is 0 Å². The van der Waals surface area contributed by atoms with E-state index >= 15 is 0 Å². The first kappa shape index (κ1) is 9.61. The number of ether oxygens (including phenoxy) is 1. The van der Waals surface area contributed by atoms with Crippen molar-refractivity contribution in [3.05, 3.63) is 29.8 Å². The van der Waals surface area contributed by atoms with Crippen molar-refractivity contribution in [1.29, 1.82) is 0 Å². The van der Waals surface area contributed by atoms with Gasteiger partial charge >= 0.3 is 0 Å². The number of methoxy groups -OCH3 is 1. The maximum atomic E-state index is 9.56. The summed E-state index contributed by atoms with van der Waals surface area (Å²) in [6, 6.07) is 5.19. The van der Waals surface area contributed by atoms with Gasteiger partial charge in [-0.05, 0) is 6.07 Å². The summed E-state index contributed by atoms with van der Waals surface area (Å²) in [4.78, 5) is 0. The van der Waals surface area contributed by atoms with Crippen LogP contribution in [0.25, 0.3) is 6.08 Å². The second-order valence-corrected chi connectivity index (χ2v) is 2.48. The number of aromatic hydroxyl groups is 1. The Balaban J connectivity index is 3.01. The van der Waals surface area contributed by atoms with E-state index < -0.39 is 0 Å². The molecular weight excluding hydrogens is 168 g/mol. The summed E-state index contributed by atoms with van der Waals surface area (Å²) in [6.45, 7) is -0.0450. The lowest BCUT2D eigenvalue weighted by Crippen LogP contribution is -1.85. The fourth-order valence-corrected chi connectivity index (χ4v) is 1.02. The Kier molecular flexibility index (Phi) is 3.34. The number of para-hydroxylation sites is 1. The lowest BCUT2D eigenvalue weighted by atomic mass is 10.2. The molecule has 70 valence electrons. The molecular formula is C10H12O3. The fourth-order valence-electron chi connectivity index (χ4n) is 1.02. The van der Waals surface area contributed by atoms with Gasteiger partial charge in [0, 0.05) is 5.56 Å². The highest BCUT2D eigenvalue weighted by atomic mass is 16.5. The summed E-state index contributed by atoms with van der Waals surface area (Å²) < 4.78 is 4.92. The quantitative estimate of drug-likeness (QED) is 0.739. The number of hydrogen-bond acceptors (Lipinski definition) is 3. The summed E-state index contributed by atoms with van der Waals surface area (Å²) in [5.41, 5.74) is 0.633. The summed E-state index contributed by atoms with van der Waals surface area (Å²) in [6.07, 6.45) is 3.19. The summed E-state index contributed by atoms with van der Waals surface area (Å²) in [7, 11) is 1.49. The van der Waals surface area contributed by atoms with Crippen LogP contribution in [-0.4, -0.2) is 23.9 Å². The van der Waals surface area contributed by atoms with E-state index in [0.717, 1.165) is 0 Å². The molecule has 0 unspecified atom stereocenters. The first-order valence-corrected chi connectivity index (χ1v) is 3.93. The highest BCUT2D eigenvalue weighted by molar-refractivity contribution is 5.61. The van der Waals surface area contributed by atoms with E-state index in [1.807, 2.05) is 0 Å². The van der Waals surface area contributed by atoms with Crippen LogP contribution >= 0.6 is 0 Å². The van der Waals surface area contributed by atoms with Crippen molar-refractivity contribution in [2.75, 3.05) is 13.7 Å². The van der Waals surface area contributed by atoms with Crippen molar-refractivity contribution in [3.8, 4) is 11.5 Å². The smallest absolute Gasteiger partial charge is 0.165 e. The van der Waals surface area contributed by atoms with Gasteiger partial charge in [-0.3, -0.25) is 0 Å². The van der Waals surface area contributed by atoms with Gasteiger partial charge in [0.1, 0.15) is 0 Å². The molecule has 0 fully saturated rings. The van der Waals surface area contributed by atoms with Crippen LogP contribution in [0.4, 0.5) is 0 Å². The second-order valence-electron chi connectivity index (χ2n) is 2.48. The van der Waals surface area contributed by atoms with Crippen LogP contribution in [0, 0.1) is 0 Å². The molecule has 0 spiro atoms. The molecule has 0 saturated carbocycles. The van der Waals surface area contributed by atoms with Crippen LogP contribution in [0.5, 0.6) is 11.5 Å². The van der Waals surface area contributed by atoms with Crippen molar-refractivity contribution in [3.63, 3.8) is 0 Å². The summed E-state index contributed by atoms with van der Waals surface area (Å²) >= 11 is 0. The molecule has 1 rings (SSSR count). The summed E-state index contributed by atoms with van der Waals surface area (Å²) in [5.74, 6) is 0.523. The Labute approximate surface area is 76.9 Å². The molecule has 2 N–H and O–H groups in total. The molecule has 0 amide bonds. The Morgan fingerprint density at radius 1 is 1.46 bits per heavy atom. The zero-order chi connectivity index (χ0) is 9.68. The van der Waals surface area contributed by atoms with Crippen LogP contribution in [0.1, 0.15) is 5.56 Å². The van der Waals surface area contributed by atoms with Gasteiger partial charge < -0.3 is 14.9 Å². The van der Waals surface area contributed by atoms with Crippen molar-refractivity contribution in [1.82, 2.24) is 0 Å². The zero-order valence-corrected chi connectivity index (χ0v) is 7.40. The third kappa shape index (κ3) is 2.23. The number of hydrogen-bond donors (Lipinski definition) is 2. The molecule has 0 aromatic heterocycles. The third-order valence-electron chi connectivity index (χ3n) is 1.65. The monoisotopic (exact) mass is 180 g/mol. The van der Waals surface area contributed by atoms with E-state index in [9.17, 15) is 5.11 Å². The third-order valence-corrected chi connectivity index (χ3v) is 1.65. The van der Waals surface area contributed by atoms with E-state index in [1.165, 1.54) is 7.11 Å². The Morgan fingerprint density at radius 3 is 2.85 bits per heavy atom. The van der Waals surface area contributed by atoms with Gasteiger partial charge in [-0.2, -0.15) is 0 Å². The van der Waals surface area contributed by atoms with E-state index in [1.54, 1.807) is 30.4 Å². The normalized spacial score (nSPS) is 10.6. The van der Waals surface area contributed by atoms with Crippen LogP contribution in [-0.2, 0) is 0 Å². The van der Waals surface area contributed by atoms with E-state index in [2.05, 4.69) is 0 Å². The topological polar surface area (TPSA) is 49.7 Å². The standard InChI is InChI=1S/C10H12O3/c1-13-9-6-2-4-8(10(9)12)5-3-7-11/h2-6,11-12H,7H2,1H3/b5-3+. The molecule has 0 aliphatic carbocycles. The minimum Gasteiger partial charge on any atom is -0.504 e. The predicted octanol–water partition coefficient (Wildman–Crippen LogP) is 1.41. The highest BCUT2D eigenvalue weighted by Gasteiger charge is 2.03. The molecule has 0 atom stereocenters. The largest absolute Gasteiger partial charge is 0.504 e. The molecule has 0 radical (unpaired) electrons. The number of phenolic OH excluding ortho intramolecular Hbond substituents is 1. The molecule has 1 aromatic rings.